The van der Waals surface area contributed by atoms with Crippen LogP contribution in [-0.2, 0) is 0 Å². The van der Waals surface area contributed by atoms with Gasteiger partial charge in [-0.15, -0.1) is 0 Å². The van der Waals surface area contributed by atoms with Crippen molar-refractivity contribution in [1.29, 1.82) is 0 Å². The Morgan fingerprint density at radius 1 is 1.38 bits per heavy atom. The molecule has 0 bridgehead atoms. The van der Waals surface area contributed by atoms with Crippen LogP contribution in [0.4, 0.5) is 4.79 Å². The lowest BCUT2D eigenvalue weighted by Gasteiger charge is -2.18. The Bertz CT molecular complexity index is 649. The summed E-state index contributed by atoms with van der Waals surface area (Å²) in [6, 6.07) is 1.44. The highest BCUT2D eigenvalue weighted by molar-refractivity contribution is 5.74. The number of nitrogens with zero attached hydrogens (tertiary/aromatic N) is 3. The minimum atomic E-state index is -0.353. The molecule has 0 atom stereocenters. The summed E-state index contributed by atoms with van der Waals surface area (Å²) in [7, 11) is 0. The number of rotatable bonds is 7. The molecule has 2 rings (SSSR count). The number of urea groups is 1. The fraction of sp³-hybridized carbons (Fsp3) is 0.500. The van der Waals surface area contributed by atoms with Crippen LogP contribution in [0.25, 0.3) is 0 Å². The first-order valence-electron chi connectivity index (χ1n) is 8.62. The highest BCUT2D eigenvalue weighted by Gasteiger charge is 2.12. The fourth-order valence-corrected chi connectivity index (χ4v) is 2.25. The summed E-state index contributed by atoms with van der Waals surface area (Å²) < 4.78 is 7.69. The number of ether oxygens (including phenoxy) is 1. The van der Waals surface area contributed by atoms with Crippen LogP contribution in [0.3, 0.4) is 0 Å². The van der Waals surface area contributed by atoms with E-state index < -0.39 is 0 Å². The minimum Gasteiger partial charge on any atom is -0.478 e. The van der Waals surface area contributed by atoms with Crippen LogP contribution in [0.2, 0.25) is 0 Å². The van der Waals surface area contributed by atoms with E-state index in [0.29, 0.717) is 24.4 Å². The molecule has 0 saturated heterocycles. The highest BCUT2D eigenvalue weighted by atomic mass is 16.5. The number of hydrogen-bond donors (Lipinski definition) is 1. The maximum atomic E-state index is 11.8. The number of nitrogens with one attached hydrogen (secondary N) is 1. The first kappa shape index (κ1) is 18.0. The Balaban J connectivity index is 2.25. The highest BCUT2D eigenvalue weighted by Crippen LogP contribution is 2.20. The van der Waals surface area contributed by atoms with Gasteiger partial charge in [-0.25, -0.2) is 9.48 Å². The van der Waals surface area contributed by atoms with Gasteiger partial charge in [0.05, 0.1) is 24.2 Å². The second-order valence-electron chi connectivity index (χ2n) is 5.62. The van der Waals surface area contributed by atoms with Crippen molar-refractivity contribution in [3.05, 3.63) is 41.9 Å². The van der Waals surface area contributed by atoms with Crippen molar-refractivity contribution in [2.24, 2.45) is 4.99 Å². The lowest BCUT2D eigenvalue weighted by molar-refractivity contribution is 0.248. The largest absolute Gasteiger partial charge is 0.478 e. The van der Waals surface area contributed by atoms with E-state index in [-0.39, 0.29) is 12.1 Å². The molecule has 1 aliphatic rings. The van der Waals surface area contributed by atoms with Gasteiger partial charge in [0, 0.05) is 12.6 Å². The van der Waals surface area contributed by atoms with Gasteiger partial charge < -0.3 is 10.1 Å². The van der Waals surface area contributed by atoms with Gasteiger partial charge >= 0.3 is 6.03 Å². The number of carbonyl (C=O) groups is 1. The van der Waals surface area contributed by atoms with Crippen molar-refractivity contribution in [3.8, 4) is 5.88 Å². The van der Waals surface area contributed by atoms with Crippen LogP contribution >= 0.6 is 0 Å². The summed E-state index contributed by atoms with van der Waals surface area (Å²) >= 11 is 0. The van der Waals surface area contributed by atoms with E-state index >= 15 is 0 Å². The minimum absolute atomic E-state index is 0.0262. The van der Waals surface area contributed by atoms with E-state index in [0.717, 1.165) is 25.7 Å². The maximum Gasteiger partial charge on any atom is 0.341 e. The molecule has 1 aromatic rings. The Morgan fingerprint density at radius 2 is 2.17 bits per heavy atom. The number of unbranched alkanes of at least 4 members (excludes halogenated alkanes) is 1. The van der Waals surface area contributed by atoms with Crippen LogP contribution in [0.5, 0.6) is 5.88 Å². The topological polar surface area (TPSA) is 68.5 Å². The molecule has 0 aliphatic heterocycles. The number of carbonyl (C=O) groups excluding carboxylic acids is 1. The normalized spacial score (nSPS) is 14.8. The number of hydrogen-bond acceptors (Lipinski definition) is 3. The van der Waals surface area contributed by atoms with E-state index in [1.54, 1.807) is 12.3 Å². The van der Waals surface area contributed by atoms with Gasteiger partial charge in [0.2, 0.25) is 5.88 Å². The second kappa shape index (κ2) is 9.70. The zero-order valence-corrected chi connectivity index (χ0v) is 14.4. The fourth-order valence-electron chi connectivity index (χ4n) is 2.25. The monoisotopic (exact) mass is 330 g/mol. The number of aromatic nitrogens is 2. The van der Waals surface area contributed by atoms with Crippen molar-refractivity contribution < 1.29 is 9.53 Å². The molecule has 6 nitrogen and oxygen atoms in total. The molecule has 1 N–H and O–H groups in total. The lowest BCUT2D eigenvalue weighted by Crippen LogP contribution is -2.24. The average Bonchev–Trinajstić information content (AvgIpc) is 2.61. The van der Waals surface area contributed by atoms with Crippen molar-refractivity contribution in [3.63, 3.8) is 0 Å². The standard InChI is InChI=1S/C18H26N4O2/c1-3-5-12-24-17-13-15(21-18(23)19-11-4-2)14-20-22(17)16-9-7-6-8-10-16/h7-10,13-14,16H,3-6,11-12H2,1-2H3,(H,19,23). The third-order valence-corrected chi connectivity index (χ3v) is 3.54. The van der Waals surface area contributed by atoms with E-state index in [1.165, 1.54) is 0 Å². The van der Waals surface area contributed by atoms with Gasteiger partial charge in [-0.05, 0) is 19.3 Å². The summed E-state index contributed by atoms with van der Waals surface area (Å²) in [6.07, 6.45) is 13.8. The molecule has 1 aromatic heterocycles. The lowest BCUT2D eigenvalue weighted by atomic mass is 10.1. The molecule has 0 fully saturated rings. The van der Waals surface area contributed by atoms with E-state index in [2.05, 4.69) is 46.6 Å². The average molecular weight is 330 g/mol. The zero-order valence-electron chi connectivity index (χ0n) is 14.4. The third kappa shape index (κ3) is 5.37. The summed E-state index contributed by atoms with van der Waals surface area (Å²) in [5.41, 5.74) is 0. The smallest absolute Gasteiger partial charge is 0.341 e. The maximum absolute atomic E-state index is 11.8. The quantitative estimate of drug-likeness (QED) is 0.617. The number of allylic oxidation sites excluding steroid dienone is 4. The van der Waals surface area contributed by atoms with Gasteiger partial charge in [-0.3, -0.25) is 0 Å². The van der Waals surface area contributed by atoms with Gasteiger partial charge in [0.1, 0.15) is 0 Å². The van der Waals surface area contributed by atoms with Crippen molar-refractivity contribution in [2.75, 3.05) is 13.2 Å². The molecule has 0 aromatic carbocycles. The van der Waals surface area contributed by atoms with E-state index in [1.807, 2.05) is 11.6 Å². The van der Waals surface area contributed by atoms with Crippen LogP contribution < -0.4 is 15.4 Å². The molecule has 2 amide bonds. The number of amides is 2. The first-order chi connectivity index (χ1) is 11.7. The van der Waals surface area contributed by atoms with Gasteiger partial charge in [-0.2, -0.15) is 10.1 Å². The summed E-state index contributed by atoms with van der Waals surface area (Å²) in [5.74, 6) is 0.620. The Morgan fingerprint density at radius 3 is 2.88 bits per heavy atom. The zero-order chi connectivity index (χ0) is 17.2. The molecular weight excluding hydrogens is 304 g/mol. The Kier molecular flexibility index (Phi) is 7.26. The van der Waals surface area contributed by atoms with Crippen LogP contribution in [0.15, 0.2) is 41.6 Å². The van der Waals surface area contributed by atoms with Crippen LogP contribution in [0, 0.1) is 0 Å². The van der Waals surface area contributed by atoms with Crippen molar-refractivity contribution in [1.82, 2.24) is 15.1 Å². The van der Waals surface area contributed by atoms with Crippen molar-refractivity contribution in [2.45, 2.75) is 45.6 Å². The Hall–Kier alpha value is -2.37. The van der Waals surface area contributed by atoms with Gasteiger partial charge in [0.15, 0.2) is 0 Å². The molecule has 130 valence electrons. The molecule has 0 unspecified atom stereocenters. The third-order valence-electron chi connectivity index (χ3n) is 3.54. The molecule has 1 aliphatic carbocycles. The molecular formula is C18H26N4O2. The molecule has 24 heavy (non-hydrogen) atoms. The molecule has 0 radical (unpaired) electrons. The predicted octanol–water partition coefficient (Wildman–Crippen LogP) is 3.14. The van der Waals surface area contributed by atoms with Crippen molar-refractivity contribution >= 4 is 6.03 Å². The molecule has 0 spiro atoms. The van der Waals surface area contributed by atoms with Gasteiger partial charge in [-0.1, -0.05) is 44.6 Å². The first-order valence-corrected chi connectivity index (χ1v) is 8.62. The molecule has 1 heterocycles. The van der Waals surface area contributed by atoms with Crippen LogP contribution in [-0.4, -0.2) is 29.0 Å². The van der Waals surface area contributed by atoms with E-state index in [4.69, 9.17) is 4.74 Å². The molecule has 0 saturated carbocycles. The molecule has 6 heteroatoms. The Labute approximate surface area is 142 Å². The summed E-state index contributed by atoms with van der Waals surface area (Å²) in [4.78, 5) is 15.8. The van der Waals surface area contributed by atoms with Gasteiger partial charge in [0.25, 0.3) is 0 Å². The predicted molar refractivity (Wildman–Crippen MR) is 93.8 cm³/mol. The summed E-state index contributed by atoms with van der Waals surface area (Å²) in [5, 5.41) is 7.65. The van der Waals surface area contributed by atoms with Crippen LogP contribution in [0.1, 0.15) is 45.6 Å². The summed E-state index contributed by atoms with van der Waals surface area (Å²) in [6.45, 7) is 5.34. The second-order valence-corrected chi connectivity index (χ2v) is 5.62. The SMILES string of the molecule is CCCCOc1cc(=NC(=O)NCCC)cnn1C1C=CCC=C1. The van der Waals surface area contributed by atoms with E-state index in [9.17, 15) is 4.79 Å².